The fourth-order valence-corrected chi connectivity index (χ4v) is 2.26. The summed E-state index contributed by atoms with van der Waals surface area (Å²) in [4.78, 5) is 12.8. The summed E-state index contributed by atoms with van der Waals surface area (Å²) in [6.45, 7) is 0.532. The average molecular weight is 305 g/mol. The number of aromatic carboxylic acids is 1. The summed E-state index contributed by atoms with van der Waals surface area (Å²) in [5, 5.41) is 18.4. The summed E-state index contributed by atoms with van der Waals surface area (Å²) in [5.74, 6) is -1.45. The third-order valence-corrected chi connectivity index (χ3v) is 3.30. The number of carbonyl (C=O) groups is 1. The molecule has 0 aliphatic carbocycles. The molecule has 1 saturated heterocycles. The zero-order chi connectivity index (χ0) is 15.6. The SMILES string of the molecule is O=C(O)c1cc(C(F)(F)F)ccc1N1CCOCC1CO. The van der Waals surface area contributed by atoms with E-state index in [1.165, 1.54) is 0 Å². The average Bonchev–Trinajstić information content (AvgIpc) is 2.45. The lowest BCUT2D eigenvalue weighted by atomic mass is 10.1. The van der Waals surface area contributed by atoms with Gasteiger partial charge in [-0.15, -0.1) is 0 Å². The molecule has 0 aromatic heterocycles. The van der Waals surface area contributed by atoms with Crippen LogP contribution >= 0.6 is 0 Å². The lowest BCUT2D eigenvalue weighted by Crippen LogP contribution is -2.48. The Bertz CT molecular complexity index is 533. The van der Waals surface area contributed by atoms with E-state index in [0.717, 1.165) is 12.1 Å². The van der Waals surface area contributed by atoms with Crippen molar-refractivity contribution in [2.45, 2.75) is 12.2 Å². The summed E-state index contributed by atoms with van der Waals surface area (Å²) in [6, 6.07) is 2.10. The molecule has 2 N–H and O–H groups in total. The van der Waals surface area contributed by atoms with Gasteiger partial charge in [-0.25, -0.2) is 4.79 Å². The molecule has 0 saturated carbocycles. The van der Waals surface area contributed by atoms with Gasteiger partial charge >= 0.3 is 12.1 Å². The van der Waals surface area contributed by atoms with Crippen LogP contribution < -0.4 is 4.90 Å². The molecule has 1 aliphatic heterocycles. The number of morpholine rings is 1. The predicted octanol–water partition coefficient (Wildman–Crippen LogP) is 1.60. The van der Waals surface area contributed by atoms with Crippen LogP contribution in [0, 0.1) is 0 Å². The molecule has 2 rings (SSSR count). The molecule has 0 bridgehead atoms. The second kappa shape index (κ2) is 5.90. The number of carboxylic acid groups (broad SMARTS) is 1. The first-order valence-corrected chi connectivity index (χ1v) is 6.24. The molecule has 1 heterocycles. The van der Waals surface area contributed by atoms with E-state index in [1.807, 2.05) is 0 Å². The van der Waals surface area contributed by atoms with Crippen LogP contribution in [-0.2, 0) is 10.9 Å². The molecule has 116 valence electrons. The van der Waals surface area contributed by atoms with Crippen molar-refractivity contribution in [2.75, 3.05) is 31.3 Å². The maximum atomic E-state index is 12.7. The van der Waals surface area contributed by atoms with E-state index in [4.69, 9.17) is 9.84 Å². The highest BCUT2D eigenvalue weighted by Crippen LogP contribution is 2.33. The number of hydrogen-bond acceptors (Lipinski definition) is 4. The molecule has 0 radical (unpaired) electrons. The van der Waals surface area contributed by atoms with Crippen molar-refractivity contribution in [2.24, 2.45) is 0 Å². The van der Waals surface area contributed by atoms with Crippen molar-refractivity contribution >= 4 is 11.7 Å². The van der Waals surface area contributed by atoms with Crippen LogP contribution in [0.15, 0.2) is 18.2 Å². The van der Waals surface area contributed by atoms with Crippen molar-refractivity contribution in [1.82, 2.24) is 0 Å². The van der Waals surface area contributed by atoms with Gasteiger partial charge in [0.05, 0.1) is 42.7 Å². The van der Waals surface area contributed by atoms with E-state index in [2.05, 4.69) is 0 Å². The number of halogens is 3. The van der Waals surface area contributed by atoms with Crippen LogP contribution in [0.1, 0.15) is 15.9 Å². The lowest BCUT2D eigenvalue weighted by molar-refractivity contribution is -0.137. The van der Waals surface area contributed by atoms with Gasteiger partial charge in [0, 0.05) is 6.54 Å². The number of anilines is 1. The van der Waals surface area contributed by atoms with E-state index < -0.39 is 29.3 Å². The number of hydrogen-bond donors (Lipinski definition) is 2. The molecule has 0 spiro atoms. The number of nitrogens with zero attached hydrogens (tertiary/aromatic N) is 1. The topological polar surface area (TPSA) is 70.0 Å². The third kappa shape index (κ3) is 3.27. The van der Waals surface area contributed by atoms with Gasteiger partial charge in [-0.2, -0.15) is 13.2 Å². The summed E-state index contributed by atoms with van der Waals surface area (Å²) >= 11 is 0. The number of alkyl halides is 3. The molecule has 5 nitrogen and oxygen atoms in total. The molecule has 1 aliphatic rings. The third-order valence-electron chi connectivity index (χ3n) is 3.30. The summed E-state index contributed by atoms with van der Waals surface area (Å²) in [5.41, 5.74) is -1.31. The van der Waals surface area contributed by atoms with Crippen LogP contribution in [0.4, 0.5) is 18.9 Å². The van der Waals surface area contributed by atoms with Crippen molar-refractivity contribution in [1.29, 1.82) is 0 Å². The molecule has 8 heteroatoms. The van der Waals surface area contributed by atoms with Crippen molar-refractivity contribution < 1.29 is 32.9 Å². The first-order valence-electron chi connectivity index (χ1n) is 6.24. The molecule has 1 unspecified atom stereocenters. The standard InChI is InChI=1S/C13H14F3NO4/c14-13(15,16)8-1-2-11(10(5-8)12(19)20)17-3-4-21-7-9(17)6-18/h1-2,5,9,18H,3-4,6-7H2,(H,19,20). The van der Waals surface area contributed by atoms with Crippen LogP contribution in [0.3, 0.4) is 0 Å². The number of aliphatic hydroxyl groups excluding tert-OH is 1. The van der Waals surface area contributed by atoms with Gasteiger partial charge in [0.2, 0.25) is 0 Å². The highest BCUT2D eigenvalue weighted by Gasteiger charge is 2.33. The summed E-state index contributed by atoms with van der Waals surface area (Å²) in [7, 11) is 0. The Labute approximate surface area is 118 Å². The first kappa shape index (κ1) is 15.6. The quantitative estimate of drug-likeness (QED) is 0.887. The highest BCUT2D eigenvalue weighted by atomic mass is 19.4. The number of aliphatic hydroxyl groups is 1. The normalized spacial score (nSPS) is 19.6. The maximum Gasteiger partial charge on any atom is 0.416 e. The van der Waals surface area contributed by atoms with Crippen molar-refractivity contribution in [3.05, 3.63) is 29.3 Å². The Balaban J connectivity index is 2.45. The van der Waals surface area contributed by atoms with Crippen molar-refractivity contribution in [3.8, 4) is 0 Å². The predicted molar refractivity (Wildman–Crippen MR) is 67.4 cm³/mol. The zero-order valence-corrected chi connectivity index (χ0v) is 10.9. The van der Waals surface area contributed by atoms with E-state index in [0.29, 0.717) is 19.2 Å². The van der Waals surface area contributed by atoms with Crippen LogP contribution in [0.5, 0.6) is 0 Å². The molecule has 21 heavy (non-hydrogen) atoms. The monoisotopic (exact) mass is 305 g/mol. The minimum atomic E-state index is -4.61. The summed E-state index contributed by atoms with van der Waals surface area (Å²) in [6.07, 6.45) is -4.61. The van der Waals surface area contributed by atoms with Gasteiger partial charge in [-0.1, -0.05) is 0 Å². The van der Waals surface area contributed by atoms with Crippen LogP contribution in [-0.4, -0.2) is 48.6 Å². The van der Waals surface area contributed by atoms with E-state index in [1.54, 1.807) is 4.90 Å². The number of carboxylic acids is 1. The van der Waals surface area contributed by atoms with Gasteiger partial charge in [0.1, 0.15) is 0 Å². The Morgan fingerprint density at radius 1 is 1.43 bits per heavy atom. The Morgan fingerprint density at radius 3 is 2.71 bits per heavy atom. The molecular weight excluding hydrogens is 291 g/mol. The number of ether oxygens (including phenoxy) is 1. The fourth-order valence-electron chi connectivity index (χ4n) is 2.26. The minimum Gasteiger partial charge on any atom is -0.478 e. The zero-order valence-electron chi connectivity index (χ0n) is 10.9. The molecule has 1 fully saturated rings. The van der Waals surface area contributed by atoms with Crippen LogP contribution in [0.25, 0.3) is 0 Å². The second-order valence-electron chi connectivity index (χ2n) is 4.64. The van der Waals surface area contributed by atoms with E-state index in [-0.39, 0.29) is 18.9 Å². The Hall–Kier alpha value is -1.80. The maximum absolute atomic E-state index is 12.7. The number of rotatable bonds is 3. The van der Waals surface area contributed by atoms with E-state index in [9.17, 15) is 23.1 Å². The molecule has 1 aromatic rings. The van der Waals surface area contributed by atoms with Crippen LogP contribution in [0.2, 0.25) is 0 Å². The smallest absolute Gasteiger partial charge is 0.416 e. The first-order chi connectivity index (χ1) is 9.84. The van der Waals surface area contributed by atoms with Gasteiger partial charge in [-0.05, 0) is 18.2 Å². The molecular formula is C13H14F3NO4. The van der Waals surface area contributed by atoms with Crippen molar-refractivity contribution in [3.63, 3.8) is 0 Å². The van der Waals surface area contributed by atoms with Gasteiger partial charge < -0.3 is 19.8 Å². The molecule has 0 amide bonds. The Kier molecular flexibility index (Phi) is 4.38. The number of benzene rings is 1. The van der Waals surface area contributed by atoms with Gasteiger partial charge in [-0.3, -0.25) is 0 Å². The largest absolute Gasteiger partial charge is 0.478 e. The highest BCUT2D eigenvalue weighted by molar-refractivity contribution is 5.95. The Morgan fingerprint density at radius 2 is 2.14 bits per heavy atom. The van der Waals surface area contributed by atoms with E-state index >= 15 is 0 Å². The van der Waals surface area contributed by atoms with Gasteiger partial charge in [0.15, 0.2) is 0 Å². The lowest BCUT2D eigenvalue weighted by Gasteiger charge is -2.37. The summed E-state index contributed by atoms with van der Waals surface area (Å²) < 4.78 is 43.2. The van der Waals surface area contributed by atoms with Gasteiger partial charge in [0.25, 0.3) is 0 Å². The minimum absolute atomic E-state index is 0.151. The fraction of sp³-hybridized carbons (Fsp3) is 0.462. The molecule has 1 aromatic carbocycles. The second-order valence-corrected chi connectivity index (χ2v) is 4.64. The molecule has 1 atom stereocenters.